The normalized spacial score (nSPS) is 8.67. The summed E-state index contributed by atoms with van der Waals surface area (Å²) in [4.78, 5) is 10.4. The number of rotatable bonds is 2. The molecular formula is C8H7N3O. The topological polar surface area (TPSA) is 78.9 Å². The van der Waals surface area contributed by atoms with Gasteiger partial charge in [-0.1, -0.05) is 12.1 Å². The van der Waals surface area contributed by atoms with Crippen LogP contribution < -0.4 is 11.3 Å². The molecule has 0 saturated heterocycles. The third-order valence-electron chi connectivity index (χ3n) is 1.49. The highest BCUT2D eigenvalue weighted by Crippen LogP contribution is 2.15. The number of hydrazine groups is 1. The summed E-state index contributed by atoms with van der Waals surface area (Å²) >= 11 is 0. The fourth-order valence-electron chi connectivity index (χ4n) is 0.913. The smallest absolute Gasteiger partial charge is 0.151 e. The third-order valence-corrected chi connectivity index (χ3v) is 1.49. The number of nitrogens with two attached hydrogens (primary N) is 1. The van der Waals surface area contributed by atoms with Gasteiger partial charge in [0.2, 0.25) is 0 Å². The van der Waals surface area contributed by atoms with Crippen LogP contribution in [0.25, 0.3) is 0 Å². The van der Waals surface area contributed by atoms with Crippen LogP contribution >= 0.6 is 0 Å². The van der Waals surface area contributed by atoms with Gasteiger partial charge in [-0.3, -0.25) is 10.6 Å². The molecular weight excluding hydrogens is 154 g/mol. The van der Waals surface area contributed by atoms with E-state index in [1.807, 2.05) is 6.07 Å². The first-order chi connectivity index (χ1) is 5.83. The number of benzene rings is 1. The maximum absolute atomic E-state index is 10.4. The van der Waals surface area contributed by atoms with Crippen molar-refractivity contribution in [1.82, 2.24) is 0 Å². The summed E-state index contributed by atoms with van der Waals surface area (Å²) in [5, 5.41) is 8.66. The highest BCUT2D eigenvalue weighted by molar-refractivity contribution is 5.83. The van der Waals surface area contributed by atoms with E-state index in [-0.39, 0.29) is 5.56 Å². The van der Waals surface area contributed by atoms with Crippen LogP contribution in [0.1, 0.15) is 15.9 Å². The molecule has 4 heteroatoms. The summed E-state index contributed by atoms with van der Waals surface area (Å²) in [7, 11) is 0. The lowest BCUT2D eigenvalue weighted by atomic mass is 10.1. The number of nitrogens with zero attached hydrogens (tertiary/aromatic N) is 1. The molecule has 1 rings (SSSR count). The fourth-order valence-corrected chi connectivity index (χ4v) is 0.913. The van der Waals surface area contributed by atoms with E-state index in [4.69, 9.17) is 11.1 Å². The molecule has 0 unspecified atom stereocenters. The van der Waals surface area contributed by atoms with Crippen molar-refractivity contribution in [2.75, 3.05) is 5.43 Å². The number of hydrogen-bond donors (Lipinski definition) is 2. The van der Waals surface area contributed by atoms with Crippen molar-refractivity contribution in [1.29, 1.82) is 5.26 Å². The van der Waals surface area contributed by atoms with Gasteiger partial charge in [0.25, 0.3) is 0 Å². The van der Waals surface area contributed by atoms with Crippen LogP contribution in [0.5, 0.6) is 0 Å². The first-order valence-electron chi connectivity index (χ1n) is 3.28. The second kappa shape index (κ2) is 3.51. The highest BCUT2D eigenvalue weighted by atomic mass is 16.1. The molecule has 0 atom stereocenters. The van der Waals surface area contributed by atoms with Crippen molar-refractivity contribution in [2.45, 2.75) is 0 Å². The van der Waals surface area contributed by atoms with Gasteiger partial charge in [-0.2, -0.15) is 5.26 Å². The van der Waals surface area contributed by atoms with Crippen molar-refractivity contribution >= 4 is 12.0 Å². The van der Waals surface area contributed by atoms with Crippen LogP contribution in [0.4, 0.5) is 5.69 Å². The van der Waals surface area contributed by atoms with Crippen LogP contribution in [0, 0.1) is 11.3 Å². The van der Waals surface area contributed by atoms with Gasteiger partial charge in [-0.25, -0.2) is 0 Å². The van der Waals surface area contributed by atoms with E-state index in [0.717, 1.165) is 0 Å². The Labute approximate surface area is 69.6 Å². The molecule has 0 aromatic heterocycles. The Morgan fingerprint density at radius 2 is 2.33 bits per heavy atom. The number of carbonyl (C=O) groups excluding carboxylic acids is 1. The van der Waals surface area contributed by atoms with Crippen LogP contribution in [-0.2, 0) is 0 Å². The van der Waals surface area contributed by atoms with Crippen molar-refractivity contribution in [3.05, 3.63) is 29.3 Å². The molecule has 0 aliphatic rings. The Kier molecular flexibility index (Phi) is 2.41. The second-order valence-corrected chi connectivity index (χ2v) is 2.14. The van der Waals surface area contributed by atoms with Crippen molar-refractivity contribution < 1.29 is 4.79 Å². The van der Waals surface area contributed by atoms with E-state index >= 15 is 0 Å². The molecule has 0 radical (unpaired) electrons. The van der Waals surface area contributed by atoms with E-state index in [1.54, 1.807) is 18.2 Å². The van der Waals surface area contributed by atoms with Crippen LogP contribution in [0.2, 0.25) is 0 Å². The number of anilines is 1. The monoisotopic (exact) mass is 161 g/mol. The fraction of sp³-hybridized carbons (Fsp3) is 0. The van der Waals surface area contributed by atoms with E-state index in [0.29, 0.717) is 17.5 Å². The third kappa shape index (κ3) is 1.26. The van der Waals surface area contributed by atoms with Gasteiger partial charge in [-0.05, 0) is 6.07 Å². The standard InChI is InChI=1S/C8H7N3O/c9-4-7-6(5-12)2-1-3-8(7)11-10/h1-3,5,11H,10H2. The molecule has 0 heterocycles. The first-order valence-corrected chi connectivity index (χ1v) is 3.28. The van der Waals surface area contributed by atoms with E-state index in [9.17, 15) is 4.79 Å². The Balaban J connectivity index is 3.34. The average Bonchev–Trinajstić information content (AvgIpc) is 2.16. The molecule has 1 aromatic carbocycles. The van der Waals surface area contributed by atoms with Gasteiger partial charge in [0, 0.05) is 5.56 Å². The minimum atomic E-state index is 0.273. The summed E-state index contributed by atoms with van der Waals surface area (Å²) in [6.07, 6.45) is 0.624. The summed E-state index contributed by atoms with van der Waals surface area (Å²) in [5.41, 5.74) is 3.41. The molecule has 1 aromatic rings. The van der Waals surface area contributed by atoms with Gasteiger partial charge in [0.1, 0.15) is 6.07 Å². The van der Waals surface area contributed by atoms with Crippen molar-refractivity contribution in [3.8, 4) is 6.07 Å². The van der Waals surface area contributed by atoms with Crippen LogP contribution in [0.3, 0.4) is 0 Å². The number of nitrogen functional groups attached to an aromatic ring is 1. The maximum Gasteiger partial charge on any atom is 0.151 e. The Bertz CT molecular complexity index is 341. The zero-order chi connectivity index (χ0) is 8.97. The van der Waals surface area contributed by atoms with Crippen molar-refractivity contribution in [2.24, 2.45) is 5.84 Å². The number of aldehydes is 1. The summed E-state index contributed by atoms with van der Waals surface area (Å²) in [5.74, 6) is 5.13. The molecule has 4 nitrogen and oxygen atoms in total. The van der Waals surface area contributed by atoms with Crippen LogP contribution in [-0.4, -0.2) is 6.29 Å². The summed E-state index contributed by atoms with van der Waals surface area (Å²) in [6.45, 7) is 0. The molecule has 12 heavy (non-hydrogen) atoms. The van der Waals surface area contributed by atoms with E-state index in [2.05, 4.69) is 5.43 Å². The zero-order valence-electron chi connectivity index (χ0n) is 6.24. The first kappa shape index (κ1) is 8.24. The number of nitrogens with one attached hydrogen (secondary N) is 1. The lowest BCUT2D eigenvalue weighted by molar-refractivity contribution is 0.112. The Morgan fingerprint density at radius 3 is 2.83 bits per heavy atom. The maximum atomic E-state index is 10.4. The summed E-state index contributed by atoms with van der Waals surface area (Å²) in [6, 6.07) is 6.74. The highest BCUT2D eigenvalue weighted by Gasteiger charge is 2.04. The molecule has 60 valence electrons. The van der Waals surface area contributed by atoms with Gasteiger partial charge >= 0.3 is 0 Å². The molecule has 0 fully saturated rings. The summed E-state index contributed by atoms with van der Waals surface area (Å²) < 4.78 is 0. The van der Waals surface area contributed by atoms with Gasteiger partial charge in [0.15, 0.2) is 6.29 Å². The van der Waals surface area contributed by atoms with Gasteiger partial charge in [-0.15, -0.1) is 0 Å². The molecule has 0 saturated carbocycles. The predicted octanol–water partition coefficient (Wildman–Crippen LogP) is 0.656. The molecule has 3 N–H and O–H groups in total. The minimum absolute atomic E-state index is 0.273. The quantitative estimate of drug-likeness (QED) is 0.379. The average molecular weight is 161 g/mol. The molecule has 0 aliphatic heterocycles. The van der Waals surface area contributed by atoms with Gasteiger partial charge < -0.3 is 5.43 Å². The second-order valence-electron chi connectivity index (χ2n) is 2.14. The molecule has 0 amide bonds. The zero-order valence-corrected chi connectivity index (χ0v) is 6.24. The lowest BCUT2D eigenvalue weighted by Gasteiger charge is -2.02. The molecule has 0 aliphatic carbocycles. The molecule has 0 spiro atoms. The minimum Gasteiger partial charge on any atom is -0.323 e. The molecule has 0 bridgehead atoms. The Hall–Kier alpha value is -1.86. The SMILES string of the molecule is N#Cc1c(C=O)cccc1NN. The number of hydrogen-bond acceptors (Lipinski definition) is 4. The number of carbonyl (C=O) groups is 1. The van der Waals surface area contributed by atoms with E-state index in [1.165, 1.54) is 0 Å². The largest absolute Gasteiger partial charge is 0.323 e. The van der Waals surface area contributed by atoms with Gasteiger partial charge in [0.05, 0.1) is 11.3 Å². The number of nitriles is 1. The lowest BCUT2D eigenvalue weighted by Crippen LogP contribution is -2.09. The van der Waals surface area contributed by atoms with E-state index < -0.39 is 0 Å². The van der Waals surface area contributed by atoms with Crippen molar-refractivity contribution in [3.63, 3.8) is 0 Å². The predicted molar refractivity (Wildman–Crippen MR) is 44.4 cm³/mol. The Morgan fingerprint density at radius 1 is 1.58 bits per heavy atom. The van der Waals surface area contributed by atoms with Crippen LogP contribution in [0.15, 0.2) is 18.2 Å².